The first-order chi connectivity index (χ1) is 10.8. The molecule has 1 saturated carbocycles. The maximum absolute atomic E-state index is 5.44. The summed E-state index contributed by atoms with van der Waals surface area (Å²) in [5.74, 6) is 2.88. The zero-order valence-corrected chi connectivity index (χ0v) is 13.6. The van der Waals surface area contributed by atoms with Crippen LogP contribution in [-0.2, 0) is 0 Å². The van der Waals surface area contributed by atoms with E-state index < -0.39 is 0 Å². The maximum Gasteiger partial charge on any atom is 0.162 e. The lowest BCUT2D eigenvalue weighted by molar-refractivity contribution is 0.316. The average Bonchev–Trinajstić information content (AvgIpc) is 2.60. The Bertz CT molecular complexity index is 649. The third-order valence-electron chi connectivity index (χ3n) is 4.98. The summed E-state index contributed by atoms with van der Waals surface area (Å²) in [6.45, 7) is 2.29. The number of nitrogens with zero attached hydrogens (tertiary/aromatic N) is 2. The van der Waals surface area contributed by atoms with E-state index in [1.807, 2.05) is 12.1 Å². The summed E-state index contributed by atoms with van der Waals surface area (Å²) < 4.78 is 10.8. The summed E-state index contributed by atoms with van der Waals surface area (Å²) in [5.41, 5.74) is 2.10. The SMILES string of the molecule is CCC1CCC(c2ncnc3cc(OC)c(OC)cc23)CC1. The Morgan fingerprint density at radius 1 is 1.00 bits per heavy atom. The molecule has 0 unspecified atom stereocenters. The van der Waals surface area contributed by atoms with E-state index >= 15 is 0 Å². The van der Waals surface area contributed by atoms with Crippen LogP contribution in [-0.4, -0.2) is 24.2 Å². The van der Waals surface area contributed by atoms with Gasteiger partial charge in [0, 0.05) is 17.4 Å². The number of hydrogen-bond acceptors (Lipinski definition) is 4. The van der Waals surface area contributed by atoms with E-state index in [2.05, 4.69) is 16.9 Å². The Balaban J connectivity index is 1.99. The van der Waals surface area contributed by atoms with Gasteiger partial charge in [0.25, 0.3) is 0 Å². The van der Waals surface area contributed by atoms with Crippen molar-refractivity contribution in [2.45, 2.75) is 44.9 Å². The fourth-order valence-corrected chi connectivity index (χ4v) is 3.57. The van der Waals surface area contributed by atoms with Gasteiger partial charge < -0.3 is 9.47 Å². The molecule has 0 N–H and O–H groups in total. The first-order valence-electron chi connectivity index (χ1n) is 8.13. The lowest BCUT2D eigenvalue weighted by Gasteiger charge is -2.28. The highest BCUT2D eigenvalue weighted by Crippen LogP contribution is 2.40. The molecule has 0 spiro atoms. The smallest absolute Gasteiger partial charge is 0.162 e. The Kier molecular flexibility index (Phi) is 4.46. The second-order valence-electron chi connectivity index (χ2n) is 6.11. The fraction of sp³-hybridized carbons (Fsp3) is 0.556. The lowest BCUT2D eigenvalue weighted by atomic mass is 9.78. The van der Waals surface area contributed by atoms with Crippen molar-refractivity contribution in [2.24, 2.45) is 5.92 Å². The largest absolute Gasteiger partial charge is 0.493 e. The molecule has 118 valence electrons. The molecule has 0 saturated heterocycles. The van der Waals surface area contributed by atoms with Crippen molar-refractivity contribution in [3.8, 4) is 11.5 Å². The third-order valence-corrected chi connectivity index (χ3v) is 4.98. The number of rotatable bonds is 4. The Morgan fingerprint density at radius 3 is 2.32 bits per heavy atom. The summed E-state index contributed by atoms with van der Waals surface area (Å²) in [4.78, 5) is 9.01. The van der Waals surface area contributed by atoms with E-state index in [0.29, 0.717) is 11.7 Å². The normalized spacial score (nSPS) is 21.8. The van der Waals surface area contributed by atoms with Crippen LogP contribution >= 0.6 is 0 Å². The summed E-state index contributed by atoms with van der Waals surface area (Å²) in [5, 5.41) is 1.10. The molecule has 4 heteroatoms. The molecule has 1 aromatic carbocycles. The lowest BCUT2D eigenvalue weighted by Crippen LogP contribution is -2.14. The van der Waals surface area contributed by atoms with Crippen molar-refractivity contribution in [3.63, 3.8) is 0 Å². The number of fused-ring (bicyclic) bond motifs is 1. The first-order valence-corrected chi connectivity index (χ1v) is 8.13. The predicted molar refractivity (Wildman–Crippen MR) is 87.6 cm³/mol. The summed E-state index contributed by atoms with van der Waals surface area (Å²) in [6, 6.07) is 3.96. The van der Waals surface area contributed by atoms with Crippen LogP contribution in [0.15, 0.2) is 18.5 Å². The number of hydrogen-bond donors (Lipinski definition) is 0. The number of ether oxygens (including phenoxy) is 2. The highest BCUT2D eigenvalue weighted by molar-refractivity contribution is 5.85. The molecular weight excluding hydrogens is 276 g/mol. The molecule has 3 rings (SSSR count). The number of aromatic nitrogens is 2. The molecule has 1 aromatic heterocycles. The van der Waals surface area contributed by atoms with E-state index in [4.69, 9.17) is 9.47 Å². The van der Waals surface area contributed by atoms with Gasteiger partial charge in [-0.1, -0.05) is 13.3 Å². The van der Waals surface area contributed by atoms with Crippen LogP contribution in [0.3, 0.4) is 0 Å². The Hall–Kier alpha value is -1.84. The zero-order valence-electron chi connectivity index (χ0n) is 13.6. The van der Waals surface area contributed by atoms with Crippen molar-refractivity contribution in [1.82, 2.24) is 9.97 Å². The highest BCUT2D eigenvalue weighted by Gasteiger charge is 2.24. The minimum absolute atomic E-state index is 0.534. The molecule has 1 aliphatic rings. The van der Waals surface area contributed by atoms with Gasteiger partial charge in [-0.05, 0) is 37.7 Å². The predicted octanol–water partition coefficient (Wildman–Crippen LogP) is 4.33. The van der Waals surface area contributed by atoms with Crippen LogP contribution in [0, 0.1) is 5.92 Å². The molecular formula is C18H24N2O2. The Morgan fingerprint density at radius 2 is 1.68 bits per heavy atom. The van der Waals surface area contributed by atoms with Crippen LogP contribution in [0.2, 0.25) is 0 Å². The van der Waals surface area contributed by atoms with Gasteiger partial charge in [0.2, 0.25) is 0 Å². The molecule has 0 radical (unpaired) electrons. The molecule has 0 atom stereocenters. The molecule has 1 aliphatic carbocycles. The molecule has 0 aliphatic heterocycles. The molecule has 4 nitrogen and oxygen atoms in total. The zero-order chi connectivity index (χ0) is 15.5. The van der Waals surface area contributed by atoms with Crippen LogP contribution in [0.4, 0.5) is 0 Å². The van der Waals surface area contributed by atoms with E-state index in [1.165, 1.54) is 37.8 Å². The third kappa shape index (κ3) is 2.74. The van der Waals surface area contributed by atoms with Crippen molar-refractivity contribution in [1.29, 1.82) is 0 Å². The molecule has 1 fully saturated rings. The summed E-state index contributed by atoms with van der Waals surface area (Å²) >= 11 is 0. The quantitative estimate of drug-likeness (QED) is 0.843. The van der Waals surface area contributed by atoms with Gasteiger partial charge in [0.05, 0.1) is 25.4 Å². The molecule has 1 heterocycles. The van der Waals surface area contributed by atoms with Crippen molar-refractivity contribution >= 4 is 10.9 Å². The van der Waals surface area contributed by atoms with Gasteiger partial charge in [-0.3, -0.25) is 0 Å². The molecule has 22 heavy (non-hydrogen) atoms. The standard InChI is InChI=1S/C18H24N2O2/c1-4-12-5-7-13(8-6-12)18-14-9-16(21-2)17(22-3)10-15(14)19-11-20-18/h9-13H,4-8H2,1-3H3. The summed E-state index contributed by atoms with van der Waals surface area (Å²) in [6.07, 6.45) is 8.02. The van der Waals surface area contributed by atoms with Crippen LogP contribution < -0.4 is 9.47 Å². The minimum Gasteiger partial charge on any atom is -0.493 e. The van der Waals surface area contributed by atoms with Crippen LogP contribution in [0.1, 0.15) is 50.6 Å². The van der Waals surface area contributed by atoms with Crippen LogP contribution in [0.5, 0.6) is 11.5 Å². The second-order valence-corrected chi connectivity index (χ2v) is 6.11. The highest BCUT2D eigenvalue weighted by atomic mass is 16.5. The van der Waals surface area contributed by atoms with Crippen LogP contribution in [0.25, 0.3) is 10.9 Å². The molecule has 2 aromatic rings. The monoisotopic (exact) mass is 300 g/mol. The van der Waals surface area contributed by atoms with Gasteiger partial charge in [0.15, 0.2) is 11.5 Å². The van der Waals surface area contributed by atoms with E-state index in [0.717, 1.165) is 22.6 Å². The number of methoxy groups -OCH3 is 2. The van der Waals surface area contributed by atoms with E-state index in [9.17, 15) is 0 Å². The average molecular weight is 300 g/mol. The summed E-state index contributed by atoms with van der Waals surface area (Å²) in [7, 11) is 3.32. The van der Waals surface area contributed by atoms with Gasteiger partial charge in [-0.2, -0.15) is 0 Å². The fourth-order valence-electron chi connectivity index (χ4n) is 3.57. The minimum atomic E-state index is 0.534. The van der Waals surface area contributed by atoms with Crippen molar-refractivity contribution < 1.29 is 9.47 Å². The maximum atomic E-state index is 5.44. The first kappa shape index (κ1) is 15.1. The van der Waals surface area contributed by atoms with Crippen molar-refractivity contribution in [3.05, 3.63) is 24.2 Å². The van der Waals surface area contributed by atoms with Crippen molar-refractivity contribution in [2.75, 3.05) is 14.2 Å². The van der Waals surface area contributed by atoms with E-state index in [-0.39, 0.29) is 0 Å². The van der Waals surface area contributed by atoms with Gasteiger partial charge in [-0.15, -0.1) is 0 Å². The van der Waals surface area contributed by atoms with Gasteiger partial charge in [-0.25, -0.2) is 9.97 Å². The molecule has 0 bridgehead atoms. The second kappa shape index (κ2) is 6.51. The number of benzene rings is 1. The Labute approximate surface area is 131 Å². The van der Waals surface area contributed by atoms with E-state index in [1.54, 1.807) is 20.5 Å². The molecule has 0 amide bonds. The van der Waals surface area contributed by atoms with Gasteiger partial charge in [0.1, 0.15) is 6.33 Å². The topological polar surface area (TPSA) is 44.2 Å². The van der Waals surface area contributed by atoms with Gasteiger partial charge >= 0.3 is 0 Å².